The second-order valence-corrected chi connectivity index (χ2v) is 5.86. The van der Waals surface area contributed by atoms with Crippen LogP contribution in [0.3, 0.4) is 0 Å². The van der Waals surface area contributed by atoms with Crippen LogP contribution in [-0.4, -0.2) is 22.3 Å². The predicted molar refractivity (Wildman–Crippen MR) is 72.9 cm³/mol. The summed E-state index contributed by atoms with van der Waals surface area (Å²) in [6, 6.07) is 9.83. The monoisotopic (exact) mass is 289 g/mol. The number of hydrogen-bond donors (Lipinski definition) is 0. The average molecular weight is 291 g/mol. The third kappa shape index (κ3) is 3.63. The van der Waals surface area contributed by atoms with Gasteiger partial charge in [0.05, 0.1) is 0 Å². The van der Waals surface area contributed by atoms with Crippen LogP contribution in [0.15, 0.2) is 41.4 Å². The second-order valence-electron chi connectivity index (χ2n) is 3.58. The molecular weight excluding hydrogens is 280 g/mol. The van der Waals surface area contributed by atoms with E-state index in [2.05, 4.69) is 4.99 Å². The molecule has 0 aromatic heterocycles. The molecule has 1 aliphatic rings. The third-order valence-electron chi connectivity index (χ3n) is 2.23. The number of halogens is 3. The summed E-state index contributed by atoms with van der Waals surface area (Å²) >= 11 is 17.0. The van der Waals surface area contributed by atoms with E-state index in [-0.39, 0.29) is 11.9 Å². The predicted octanol–water partition coefficient (Wildman–Crippen LogP) is 3.87. The molecule has 0 N–H and O–H groups in total. The summed E-state index contributed by atoms with van der Waals surface area (Å²) in [7, 11) is 0. The lowest BCUT2D eigenvalue weighted by molar-refractivity contribution is 0.326. The highest BCUT2D eigenvalue weighted by molar-refractivity contribution is 6.76. The summed E-state index contributed by atoms with van der Waals surface area (Å²) in [5.74, 6) is 0.158. The Bertz CT molecular complexity index is 437. The van der Waals surface area contributed by atoms with Crippen molar-refractivity contribution in [1.82, 2.24) is 0 Å². The molecule has 1 heterocycles. The van der Waals surface area contributed by atoms with Gasteiger partial charge in [-0.2, -0.15) is 0 Å². The van der Waals surface area contributed by atoms with Gasteiger partial charge in [0.15, 0.2) is 0 Å². The van der Waals surface area contributed by atoms with Crippen molar-refractivity contribution >= 4 is 46.8 Å². The molecule has 0 amide bonds. The molecular formula is C12H10Cl3NO. The molecule has 0 aliphatic carbocycles. The van der Waals surface area contributed by atoms with Crippen LogP contribution in [0.4, 0.5) is 0 Å². The number of rotatable bonds is 2. The van der Waals surface area contributed by atoms with Crippen LogP contribution in [0, 0.1) is 0 Å². The zero-order valence-corrected chi connectivity index (χ0v) is 11.1. The number of alkyl halides is 3. The Morgan fingerprint density at radius 1 is 1.24 bits per heavy atom. The zero-order chi connectivity index (χ0) is 12.3. The van der Waals surface area contributed by atoms with Crippen LogP contribution in [0.5, 0.6) is 0 Å². The summed E-state index contributed by atoms with van der Waals surface area (Å²) < 4.78 is 3.65. The van der Waals surface area contributed by atoms with Gasteiger partial charge in [-0.1, -0.05) is 77.3 Å². The molecule has 90 valence electrons. The summed E-state index contributed by atoms with van der Waals surface area (Å²) in [6.45, 7) is 0.409. The van der Waals surface area contributed by atoms with Crippen molar-refractivity contribution in [3.63, 3.8) is 0 Å². The zero-order valence-electron chi connectivity index (χ0n) is 8.82. The lowest BCUT2D eigenvalue weighted by Gasteiger charge is -2.08. The molecule has 5 heteroatoms. The average Bonchev–Trinajstić information content (AvgIpc) is 2.76. The fourth-order valence-electron chi connectivity index (χ4n) is 1.43. The van der Waals surface area contributed by atoms with Crippen LogP contribution in [-0.2, 0) is 4.74 Å². The quantitative estimate of drug-likeness (QED) is 0.758. The van der Waals surface area contributed by atoms with E-state index in [0.717, 1.165) is 5.56 Å². The molecule has 1 unspecified atom stereocenters. The normalized spacial score (nSPS) is 20.4. The van der Waals surface area contributed by atoms with E-state index < -0.39 is 3.79 Å². The molecule has 17 heavy (non-hydrogen) atoms. The Labute approximate surface area is 115 Å². The van der Waals surface area contributed by atoms with E-state index >= 15 is 0 Å². The van der Waals surface area contributed by atoms with E-state index in [9.17, 15) is 0 Å². The van der Waals surface area contributed by atoms with Crippen molar-refractivity contribution < 1.29 is 4.74 Å². The van der Waals surface area contributed by atoms with Gasteiger partial charge in [0, 0.05) is 0 Å². The van der Waals surface area contributed by atoms with Crippen molar-refractivity contribution in [1.29, 1.82) is 0 Å². The minimum Gasteiger partial charge on any atom is -0.475 e. The van der Waals surface area contributed by atoms with Crippen LogP contribution < -0.4 is 0 Å². The molecule has 1 aromatic rings. The molecule has 0 bridgehead atoms. The Hall–Kier alpha value is -0.700. The van der Waals surface area contributed by atoms with E-state index in [1.807, 2.05) is 42.5 Å². The molecule has 0 saturated heterocycles. The fourth-order valence-corrected chi connectivity index (χ4v) is 1.74. The van der Waals surface area contributed by atoms with Gasteiger partial charge in [-0.3, -0.25) is 0 Å². The second kappa shape index (κ2) is 5.30. The summed E-state index contributed by atoms with van der Waals surface area (Å²) in [5.41, 5.74) is 1.10. The maximum atomic E-state index is 5.67. The first kappa shape index (κ1) is 12.7. The minimum atomic E-state index is -1.57. The van der Waals surface area contributed by atoms with E-state index in [0.29, 0.717) is 6.61 Å². The van der Waals surface area contributed by atoms with Crippen LogP contribution >= 0.6 is 34.8 Å². The molecule has 2 rings (SSSR count). The lowest BCUT2D eigenvalue weighted by Crippen LogP contribution is -2.18. The van der Waals surface area contributed by atoms with Crippen molar-refractivity contribution in [3.8, 4) is 0 Å². The van der Waals surface area contributed by atoms with Crippen molar-refractivity contribution in [3.05, 3.63) is 42.0 Å². The first-order chi connectivity index (χ1) is 8.05. The maximum Gasteiger partial charge on any atom is 0.266 e. The van der Waals surface area contributed by atoms with Crippen LogP contribution in [0.25, 0.3) is 6.08 Å². The summed E-state index contributed by atoms with van der Waals surface area (Å²) in [5, 5.41) is 0. The standard InChI is InChI=1S/C12H10Cl3NO/c13-12(14,15)11-16-10(8-17-11)7-6-9-4-2-1-3-5-9/h1-7,10H,8H2/b7-6-. The van der Waals surface area contributed by atoms with Gasteiger partial charge in [0.25, 0.3) is 3.79 Å². The smallest absolute Gasteiger partial charge is 0.266 e. The summed E-state index contributed by atoms with van der Waals surface area (Å²) in [4.78, 5) is 4.19. The first-order valence-corrected chi connectivity index (χ1v) is 6.20. The maximum absolute atomic E-state index is 5.67. The Kier molecular flexibility index (Phi) is 3.97. The van der Waals surface area contributed by atoms with Crippen molar-refractivity contribution in [2.45, 2.75) is 9.83 Å². The highest BCUT2D eigenvalue weighted by Crippen LogP contribution is 2.31. The molecule has 1 atom stereocenters. The highest BCUT2D eigenvalue weighted by atomic mass is 35.6. The SMILES string of the molecule is ClC(Cl)(Cl)C1=NC(/C=C\c2ccccc2)CO1. The molecule has 1 aliphatic heterocycles. The number of nitrogens with zero attached hydrogens (tertiary/aromatic N) is 1. The Morgan fingerprint density at radius 3 is 2.53 bits per heavy atom. The Balaban J connectivity index is 2.03. The molecule has 0 saturated carbocycles. The highest BCUT2D eigenvalue weighted by Gasteiger charge is 2.34. The van der Waals surface area contributed by atoms with Gasteiger partial charge < -0.3 is 4.74 Å². The van der Waals surface area contributed by atoms with Crippen LogP contribution in [0.2, 0.25) is 0 Å². The number of ether oxygens (including phenoxy) is 1. The largest absolute Gasteiger partial charge is 0.475 e. The van der Waals surface area contributed by atoms with Gasteiger partial charge in [-0.25, -0.2) is 4.99 Å². The van der Waals surface area contributed by atoms with Gasteiger partial charge >= 0.3 is 0 Å². The summed E-state index contributed by atoms with van der Waals surface area (Å²) in [6.07, 6.45) is 3.90. The molecule has 0 radical (unpaired) electrons. The molecule has 0 fully saturated rings. The van der Waals surface area contributed by atoms with Gasteiger partial charge in [-0.15, -0.1) is 0 Å². The third-order valence-corrected chi connectivity index (χ3v) is 2.71. The molecule has 0 spiro atoms. The number of hydrogen-bond acceptors (Lipinski definition) is 2. The fraction of sp³-hybridized carbons (Fsp3) is 0.250. The number of benzene rings is 1. The first-order valence-electron chi connectivity index (χ1n) is 5.07. The minimum absolute atomic E-state index is 0.0965. The topological polar surface area (TPSA) is 21.6 Å². The van der Waals surface area contributed by atoms with Crippen LogP contribution in [0.1, 0.15) is 5.56 Å². The van der Waals surface area contributed by atoms with Gasteiger partial charge in [-0.05, 0) is 5.56 Å². The van der Waals surface area contributed by atoms with E-state index in [4.69, 9.17) is 39.5 Å². The Morgan fingerprint density at radius 2 is 1.94 bits per heavy atom. The van der Waals surface area contributed by atoms with E-state index in [1.165, 1.54) is 0 Å². The van der Waals surface area contributed by atoms with Crippen molar-refractivity contribution in [2.24, 2.45) is 4.99 Å². The van der Waals surface area contributed by atoms with Crippen molar-refractivity contribution in [2.75, 3.05) is 6.61 Å². The molecule has 1 aromatic carbocycles. The van der Waals surface area contributed by atoms with Gasteiger partial charge in [0.2, 0.25) is 5.90 Å². The van der Waals surface area contributed by atoms with Gasteiger partial charge in [0.1, 0.15) is 12.6 Å². The van der Waals surface area contributed by atoms with E-state index in [1.54, 1.807) is 0 Å². The number of aliphatic imine (C=N–C) groups is 1. The molecule has 2 nitrogen and oxygen atoms in total. The lowest BCUT2D eigenvalue weighted by atomic mass is 10.2.